The zero-order valence-electron chi connectivity index (χ0n) is 14.5. The molecule has 2 heterocycles. The Balaban J connectivity index is 1.51. The molecule has 2 aliphatic rings. The number of nitrogens with zero attached hydrogens (tertiary/aromatic N) is 1. The second-order valence-electron chi connectivity index (χ2n) is 6.81. The van der Waals surface area contributed by atoms with Crippen molar-refractivity contribution < 1.29 is 9.47 Å². The Hall–Kier alpha value is -2.00. The average molecular weight is 323 g/mol. The standard InChI is InChI=1S/C21H25NO2/c1-15(18-4-3-17-9-12-24-21(17)14-18)22-10-7-16-5-6-20(23-2)13-19(16)8-11-22/h3-6,13-15H,7-12H2,1-2H3. The van der Waals surface area contributed by atoms with Gasteiger partial charge in [0.05, 0.1) is 13.7 Å². The molecule has 3 nitrogen and oxygen atoms in total. The van der Waals surface area contributed by atoms with Gasteiger partial charge in [0.25, 0.3) is 0 Å². The van der Waals surface area contributed by atoms with E-state index in [1.165, 1.54) is 22.3 Å². The summed E-state index contributed by atoms with van der Waals surface area (Å²) in [4.78, 5) is 2.59. The Morgan fingerprint density at radius 3 is 2.58 bits per heavy atom. The molecule has 2 aliphatic heterocycles. The van der Waals surface area contributed by atoms with Crippen molar-refractivity contribution in [2.45, 2.75) is 32.2 Å². The molecular formula is C21H25NO2. The summed E-state index contributed by atoms with van der Waals surface area (Å²) < 4.78 is 11.1. The summed E-state index contributed by atoms with van der Waals surface area (Å²) in [5.74, 6) is 2.05. The normalized spacial score (nSPS) is 18.2. The predicted octanol–water partition coefficient (Wildman–Crippen LogP) is 3.79. The molecule has 0 N–H and O–H groups in total. The Kier molecular flexibility index (Phi) is 4.19. The van der Waals surface area contributed by atoms with E-state index < -0.39 is 0 Å². The number of hydrogen-bond donors (Lipinski definition) is 0. The molecule has 0 aliphatic carbocycles. The smallest absolute Gasteiger partial charge is 0.122 e. The zero-order valence-corrected chi connectivity index (χ0v) is 14.5. The lowest BCUT2D eigenvalue weighted by Crippen LogP contribution is -2.29. The molecule has 24 heavy (non-hydrogen) atoms. The maximum absolute atomic E-state index is 5.75. The van der Waals surface area contributed by atoms with Gasteiger partial charge in [-0.2, -0.15) is 0 Å². The number of ether oxygens (including phenoxy) is 2. The van der Waals surface area contributed by atoms with Crippen LogP contribution in [0.25, 0.3) is 0 Å². The van der Waals surface area contributed by atoms with Crippen LogP contribution in [0.2, 0.25) is 0 Å². The molecule has 2 aromatic carbocycles. The summed E-state index contributed by atoms with van der Waals surface area (Å²) in [6, 6.07) is 13.7. The quantitative estimate of drug-likeness (QED) is 0.858. The van der Waals surface area contributed by atoms with Gasteiger partial charge in [-0.1, -0.05) is 18.2 Å². The first-order valence-corrected chi connectivity index (χ1v) is 8.90. The van der Waals surface area contributed by atoms with Crippen LogP contribution in [0, 0.1) is 0 Å². The zero-order chi connectivity index (χ0) is 16.5. The molecule has 1 unspecified atom stereocenters. The van der Waals surface area contributed by atoms with E-state index in [0.29, 0.717) is 6.04 Å². The highest BCUT2D eigenvalue weighted by Crippen LogP contribution is 2.32. The van der Waals surface area contributed by atoms with Gasteiger partial charge in [0.1, 0.15) is 11.5 Å². The molecule has 0 radical (unpaired) electrons. The summed E-state index contributed by atoms with van der Waals surface area (Å²) in [5, 5.41) is 0. The van der Waals surface area contributed by atoms with Crippen LogP contribution in [0.1, 0.15) is 35.2 Å². The first-order chi connectivity index (χ1) is 11.7. The third-order valence-corrected chi connectivity index (χ3v) is 5.50. The van der Waals surface area contributed by atoms with E-state index in [-0.39, 0.29) is 0 Å². The Morgan fingerprint density at radius 1 is 0.958 bits per heavy atom. The summed E-state index contributed by atoms with van der Waals surface area (Å²) >= 11 is 0. The second kappa shape index (κ2) is 6.48. The van der Waals surface area contributed by atoms with Crippen molar-refractivity contribution in [1.29, 1.82) is 0 Å². The monoisotopic (exact) mass is 323 g/mol. The van der Waals surface area contributed by atoms with Crippen LogP contribution in [0.4, 0.5) is 0 Å². The van der Waals surface area contributed by atoms with Crippen LogP contribution < -0.4 is 9.47 Å². The van der Waals surface area contributed by atoms with Crippen LogP contribution in [0.5, 0.6) is 11.5 Å². The number of benzene rings is 2. The lowest BCUT2D eigenvalue weighted by molar-refractivity contribution is 0.220. The Labute approximate surface area is 144 Å². The van der Waals surface area contributed by atoms with E-state index in [4.69, 9.17) is 9.47 Å². The third kappa shape index (κ3) is 2.89. The summed E-state index contributed by atoms with van der Waals surface area (Å²) in [7, 11) is 1.74. The number of rotatable bonds is 3. The van der Waals surface area contributed by atoms with E-state index in [9.17, 15) is 0 Å². The SMILES string of the molecule is COc1ccc2c(c1)CCN(C(C)c1ccc3c(c1)OCC3)CC2. The minimum Gasteiger partial charge on any atom is -0.497 e. The van der Waals surface area contributed by atoms with Gasteiger partial charge in [-0.3, -0.25) is 4.90 Å². The fraction of sp³-hybridized carbons (Fsp3) is 0.429. The van der Waals surface area contributed by atoms with E-state index in [2.05, 4.69) is 48.2 Å². The van der Waals surface area contributed by atoms with Crippen molar-refractivity contribution in [3.05, 3.63) is 58.7 Å². The molecule has 0 saturated carbocycles. The highest BCUT2D eigenvalue weighted by molar-refractivity contribution is 5.41. The maximum Gasteiger partial charge on any atom is 0.122 e. The summed E-state index contributed by atoms with van der Waals surface area (Å²) in [6.45, 7) is 5.32. The Bertz CT molecular complexity index is 741. The van der Waals surface area contributed by atoms with E-state index in [0.717, 1.165) is 50.5 Å². The minimum atomic E-state index is 0.413. The molecule has 3 heteroatoms. The molecule has 0 bridgehead atoms. The molecule has 4 rings (SSSR count). The Morgan fingerprint density at radius 2 is 1.75 bits per heavy atom. The van der Waals surface area contributed by atoms with E-state index >= 15 is 0 Å². The van der Waals surface area contributed by atoms with Crippen LogP contribution in [-0.2, 0) is 19.3 Å². The van der Waals surface area contributed by atoms with Crippen molar-refractivity contribution in [2.24, 2.45) is 0 Å². The molecule has 0 spiro atoms. The summed E-state index contributed by atoms with van der Waals surface area (Å²) in [5.41, 5.74) is 5.60. The topological polar surface area (TPSA) is 21.7 Å². The van der Waals surface area contributed by atoms with Crippen LogP contribution >= 0.6 is 0 Å². The van der Waals surface area contributed by atoms with Crippen molar-refractivity contribution >= 4 is 0 Å². The van der Waals surface area contributed by atoms with Gasteiger partial charge in [0.15, 0.2) is 0 Å². The summed E-state index contributed by atoms with van der Waals surface area (Å²) in [6.07, 6.45) is 3.23. The van der Waals surface area contributed by atoms with Gasteiger partial charge in [-0.15, -0.1) is 0 Å². The maximum atomic E-state index is 5.75. The first-order valence-electron chi connectivity index (χ1n) is 8.90. The molecular weight excluding hydrogens is 298 g/mol. The van der Waals surface area contributed by atoms with Crippen LogP contribution in [0.15, 0.2) is 36.4 Å². The van der Waals surface area contributed by atoms with Crippen molar-refractivity contribution in [1.82, 2.24) is 4.90 Å². The number of methoxy groups -OCH3 is 1. The van der Waals surface area contributed by atoms with Gasteiger partial charge in [-0.25, -0.2) is 0 Å². The molecule has 1 atom stereocenters. The van der Waals surface area contributed by atoms with E-state index in [1.54, 1.807) is 7.11 Å². The highest BCUT2D eigenvalue weighted by Gasteiger charge is 2.22. The van der Waals surface area contributed by atoms with Gasteiger partial charge in [0, 0.05) is 25.6 Å². The minimum absolute atomic E-state index is 0.413. The first kappa shape index (κ1) is 15.5. The van der Waals surface area contributed by atoms with Crippen LogP contribution in [-0.4, -0.2) is 31.7 Å². The lowest BCUT2D eigenvalue weighted by atomic mass is 10.0. The molecule has 126 valence electrons. The fourth-order valence-electron chi connectivity index (χ4n) is 3.89. The van der Waals surface area contributed by atoms with Gasteiger partial charge in [0.2, 0.25) is 0 Å². The number of fused-ring (bicyclic) bond motifs is 2. The average Bonchev–Trinajstić information content (AvgIpc) is 2.99. The number of hydrogen-bond acceptors (Lipinski definition) is 3. The molecule has 0 amide bonds. The predicted molar refractivity (Wildman–Crippen MR) is 96.0 cm³/mol. The van der Waals surface area contributed by atoms with Gasteiger partial charge in [-0.05, 0) is 60.2 Å². The highest BCUT2D eigenvalue weighted by atomic mass is 16.5. The van der Waals surface area contributed by atoms with Gasteiger partial charge < -0.3 is 9.47 Å². The third-order valence-electron chi connectivity index (χ3n) is 5.50. The van der Waals surface area contributed by atoms with Crippen molar-refractivity contribution in [3.8, 4) is 11.5 Å². The van der Waals surface area contributed by atoms with Crippen molar-refractivity contribution in [2.75, 3.05) is 26.8 Å². The molecule has 0 fully saturated rings. The molecule has 0 saturated heterocycles. The van der Waals surface area contributed by atoms with Gasteiger partial charge >= 0.3 is 0 Å². The fourth-order valence-corrected chi connectivity index (χ4v) is 3.89. The second-order valence-corrected chi connectivity index (χ2v) is 6.81. The van der Waals surface area contributed by atoms with E-state index in [1.807, 2.05) is 0 Å². The largest absolute Gasteiger partial charge is 0.497 e. The molecule has 0 aromatic heterocycles. The van der Waals surface area contributed by atoms with Crippen molar-refractivity contribution in [3.63, 3.8) is 0 Å². The lowest BCUT2D eigenvalue weighted by Gasteiger charge is -2.28. The molecule has 2 aromatic rings. The van der Waals surface area contributed by atoms with Crippen LogP contribution in [0.3, 0.4) is 0 Å².